The van der Waals surface area contributed by atoms with Crippen LogP contribution in [0.3, 0.4) is 0 Å². The standard InChI is InChI=1S/C19H23N5OS/c1-13(2)17-9-16(25-24-17)11-22-19(20-3)21-10-15-12-26-18(23-15)14-7-5-4-6-8-14/h4-9,12-13H,10-11H2,1-3H3,(H2,20,21,22). The van der Waals surface area contributed by atoms with E-state index in [4.69, 9.17) is 4.52 Å². The van der Waals surface area contributed by atoms with E-state index in [0.29, 0.717) is 25.0 Å². The second-order valence-corrected chi connectivity index (χ2v) is 7.02. The van der Waals surface area contributed by atoms with Gasteiger partial charge in [0.1, 0.15) is 5.01 Å². The molecule has 6 nitrogen and oxygen atoms in total. The number of hydrogen-bond donors (Lipinski definition) is 2. The van der Waals surface area contributed by atoms with E-state index in [2.05, 4.69) is 57.1 Å². The molecule has 2 aromatic heterocycles. The molecule has 0 amide bonds. The lowest BCUT2D eigenvalue weighted by Gasteiger charge is -2.09. The van der Waals surface area contributed by atoms with Gasteiger partial charge < -0.3 is 15.2 Å². The molecule has 0 aliphatic carbocycles. The predicted octanol–water partition coefficient (Wildman–Crippen LogP) is 3.79. The molecule has 3 rings (SSSR count). The van der Waals surface area contributed by atoms with Gasteiger partial charge >= 0.3 is 0 Å². The summed E-state index contributed by atoms with van der Waals surface area (Å²) < 4.78 is 5.33. The van der Waals surface area contributed by atoms with Crippen molar-refractivity contribution in [2.75, 3.05) is 7.05 Å². The van der Waals surface area contributed by atoms with Crippen LogP contribution in [0.25, 0.3) is 10.6 Å². The van der Waals surface area contributed by atoms with Crippen LogP contribution in [0.2, 0.25) is 0 Å². The molecule has 0 spiro atoms. The lowest BCUT2D eigenvalue weighted by Crippen LogP contribution is -2.36. The molecule has 0 atom stereocenters. The average molecular weight is 369 g/mol. The van der Waals surface area contributed by atoms with Crippen LogP contribution in [-0.2, 0) is 13.1 Å². The van der Waals surface area contributed by atoms with Crippen molar-refractivity contribution in [3.05, 3.63) is 58.9 Å². The van der Waals surface area contributed by atoms with E-state index in [1.54, 1.807) is 18.4 Å². The number of aromatic nitrogens is 2. The Morgan fingerprint density at radius 3 is 2.65 bits per heavy atom. The van der Waals surface area contributed by atoms with Crippen LogP contribution in [0.4, 0.5) is 0 Å². The molecule has 3 aromatic rings. The molecular weight excluding hydrogens is 346 g/mol. The molecule has 2 heterocycles. The third-order valence-electron chi connectivity index (χ3n) is 3.83. The van der Waals surface area contributed by atoms with Gasteiger partial charge in [0.05, 0.1) is 24.5 Å². The summed E-state index contributed by atoms with van der Waals surface area (Å²) in [5.74, 6) is 1.84. The highest BCUT2D eigenvalue weighted by molar-refractivity contribution is 7.13. The summed E-state index contributed by atoms with van der Waals surface area (Å²) in [4.78, 5) is 8.91. The first-order valence-corrected chi connectivity index (χ1v) is 9.43. The van der Waals surface area contributed by atoms with Gasteiger partial charge in [0.15, 0.2) is 11.7 Å². The van der Waals surface area contributed by atoms with E-state index in [0.717, 1.165) is 27.7 Å². The van der Waals surface area contributed by atoms with Crippen molar-refractivity contribution < 1.29 is 4.52 Å². The summed E-state index contributed by atoms with van der Waals surface area (Å²) in [5.41, 5.74) is 3.08. The zero-order valence-corrected chi connectivity index (χ0v) is 16.0. The highest BCUT2D eigenvalue weighted by atomic mass is 32.1. The van der Waals surface area contributed by atoms with Gasteiger partial charge in [0.25, 0.3) is 0 Å². The van der Waals surface area contributed by atoms with E-state index in [1.807, 2.05) is 24.3 Å². The van der Waals surface area contributed by atoms with Crippen molar-refractivity contribution >= 4 is 17.3 Å². The van der Waals surface area contributed by atoms with Gasteiger partial charge in [-0.2, -0.15) is 0 Å². The van der Waals surface area contributed by atoms with E-state index in [-0.39, 0.29) is 0 Å². The van der Waals surface area contributed by atoms with Gasteiger partial charge in [0.2, 0.25) is 0 Å². The largest absolute Gasteiger partial charge is 0.359 e. The molecule has 0 aliphatic rings. The maximum Gasteiger partial charge on any atom is 0.191 e. The fourth-order valence-corrected chi connectivity index (χ4v) is 3.18. The summed E-state index contributed by atoms with van der Waals surface area (Å²) in [5, 5.41) is 13.6. The summed E-state index contributed by atoms with van der Waals surface area (Å²) in [6.07, 6.45) is 0. The number of guanidine groups is 1. The van der Waals surface area contributed by atoms with Crippen LogP contribution in [0.5, 0.6) is 0 Å². The van der Waals surface area contributed by atoms with Gasteiger partial charge in [0, 0.05) is 24.1 Å². The molecule has 136 valence electrons. The summed E-state index contributed by atoms with van der Waals surface area (Å²) in [6, 6.07) is 12.2. The molecule has 0 fully saturated rings. The van der Waals surface area contributed by atoms with Crippen LogP contribution < -0.4 is 10.6 Å². The Morgan fingerprint density at radius 1 is 1.19 bits per heavy atom. The third-order valence-corrected chi connectivity index (χ3v) is 4.77. The van der Waals surface area contributed by atoms with Crippen molar-refractivity contribution in [3.63, 3.8) is 0 Å². The zero-order chi connectivity index (χ0) is 18.4. The molecule has 0 aliphatic heterocycles. The molecule has 7 heteroatoms. The Balaban J connectivity index is 1.52. The van der Waals surface area contributed by atoms with Crippen molar-refractivity contribution in [2.24, 2.45) is 4.99 Å². The highest BCUT2D eigenvalue weighted by Crippen LogP contribution is 2.23. The first-order valence-electron chi connectivity index (χ1n) is 8.55. The van der Waals surface area contributed by atoms with E-state index < -0.39 is 0 Å². The van der Waals surface area contributed by atoms with Gasteiger partial charge in [-0.1, -0.05) is 49.3 Å². The van der Waals surface area contributed by atoms with Crippen molar-refractivity contribution in [1.82, 2.24) is 20.8 Å². The quantitative estimate of drug-likeness (QED) is 0.511. The van der Waals surface area contributed by atoms with Crippen molar-refractivity contribution in [1.29, 1.82) is 0 Å². The van der Waals surface area contributed by atoms with E-state index in [9.17, 15) is 0 Å². The molecule has 0 radical (unpaired) electrons. The SMILES string of the molecule is CN=C(NCc1csc(-c2ccccc2)n1)NCc1cc(C(C)C)no1. The minimum absolute atomic E-state index is 0.355. The number of rotatable bonds is 6. The molecule has 0 bridgehead atoms. The topological polar surface area (TPSA) is 75.3 Å². The monoisotopic (exact) mass is 369 g/mol. The van der Waals surface area contributed by atoms with Crippen LogP contribution in [0, 0.1) is 0 Å². The van der Waals surface area contributed by atoms with Gasteiger partial charge in [-0.25, -0.2) is 4.98 Å². The second-order valence-electron chi connectivity index (χ2n) is 6.16. The maximum absolute atomic E-state index is 5.33. The fourth-order valence-electron chi connectivity index (χ4n) is 2.35. The van der Waals surface area contributed by atoms with Gasteiger partial charge in [-0.3, -0.25) is 4.99 Å². The molecule has 2 N–H and O–H groups in total. The van der Waals surface area contributed by atoms with E-state index in [1.165, 1.54) is 0 Å². The first kappa shape index (κ1) is 18.1. The van der Waals surface area contributed by atoms with Crippen molar-refractivity contribution in [2.45, 2.75) is 32.9 Å². The number of nitrogens with zero attached hydrogens (tertiary/aromatic N) is 3. The molecule has 26 heavy (non-hydrogen) atoms. The summed E-state index contributed by atoms with van der Waals surface area (Å²) in [7, 11) is 1.74. The third kappa shape index (κ3) is 4.70. The highest BCUT2D eigenvalue weighted by Gasteiger charge is 2.09. The number of thiazole rings is 1. The molecule has 0 saturated heterocycles. The maximum atomic E-state index is 5.33. The minimum Gasteiger partial charge on any atom is -0.359 e. The Kier molecular flexibility index (Phi) is 6.01. The Hall–Kier alpha value is -2.67. The molecule has 0 unspecified atom stereocenters. The van der Waals surface area contributed by atoms with Crippen molar-refractivity contribution in [3.8, 4) is 10.6 Å². The molecule has 0 saturated carbocycles. The number of hydrogen-bond acceptors (Lipinski definition) is 5. The smallest absolute Gasteiger partial charge is 0.191 e. The normalized spacial score (nSPS) is 11.8. The predicted molar refractivity (Wildman–Crippen MR) is 105 cm³/mol. The molecular formula is C19H23N5OS. The average Bonchev–Trinajstić information content (AvgIpc) is 3.32. The minimum atomic E-state index is 0.355. The van der Waals surface area contributed by atoms with E-state index >= 15 is 0 Å². The first-order chi connectivity index (χ1) is 12.7. The Bertz CT molecular complexity index is 854. The molecule has 1 aromatic carbocycles. The number of benzene rings is 1. The second kappa shape index (κ2) is 8.62. The van der Waals surface area contributed by atoms with Crippen LogP contribution in [-0.4, -0.2) is 23.1 Å². The Morgan fingerprint density at radius 2 is 1.96 bits per heavy atom. The number of aliphatic imine (C=N–C) groups is 1. The summed E-state index contributed by atoms with van der Waals surface area (Å²) >= 11 is 1.64. The van der Waals surface area contributed by atoms with Gasteiger partial charge in [-0.05, 0) is 5.92 Å². The van der Waals surface area contributed by atoms with Crippen LogP contribution >= 0.6 is 11.3 Å². The van der Waals surface area contributed by atoms with Crippen LogP contribution in [0.1, 0.15) is 36.9 Å². The van der Waals surface area contributed by atoms with Crippen LogP contribution in [0.15, 0.2) is 51.3 Å². The summed E-state index contributed by atoms with van der Waals surface area (Å²) in [6.45, 7) is 5.32. The zero-order valence-electron chi connectivity index (χ0n) is 15.2. The van der Waals surface area contributed by atoms with Gasteiger partial charge in [-0.15, -0.1) is 11.3 Å². The fraction of sp³-hybridized carbons (Fsp3) is 0.316. The lowest BCUT2D eigenvalue weighted by molar-refractivity contribution is 0.372. The number of nitrogens with one attached hydrogen (secondary N) is 2. The lowest BCUT2D eigenvalue weighted by atomic mass is 10.1. The Labute approximate surface area is 157 Å².